The van der Waals surface area contributed by atoms with Gasteiger partial charge in [-0.25, -0.2) is 0 Å². The molecule has 5 nitrogen and oxygen atoms in total. The summed E-state index contributed by atoms with van der Waals surface area (Å²) < 4.78 is 0. The number of amides is 1. The fourth-order valence-electron chi connectivity index (χ4n) is 10.4. The molecule has 1 amide bonds. The van der Waals surface area contributed by atoms with Crippen molar-refractivity contribution in [2.75, 3.05) is 0 Å². The van der Waals surface area contributed by atoms with E-state index in [0.717, 1.165) is 44.9 Å². The van der Waals surface area contributed by atoms with Gasteiger partial charge >= 0.3 is 0 Å². The Kier molecular flexibility index (Phi) is 6.80. The summed E-state index contributed by atoms with van der Waals surface area (Å²) in [6.45, 7) is 17.7. The van der Waals surface area contributed by atoms with E-state index in [0.29, 0.717) is 24.7 Å². The normalized spacial score (nSPS) is 48.5. The molecule has 35 heavy (non-hydrogen) atoms. The second kappa shape index (κ2) is 8.70. The molecule has 202 valence electrons. The van der Waals surface area contributed by atoms with E-state index in [1.165, 1.54) is 0 Å². The molecular formula is C30H53NO4. The van der Waals surface area contributed by atoms with Gasteiger partial charge < -0.3 is 20.6 Å². The van der Waals surface area contributed by atoms with Crippen LogP contribution in [0.25, 0.3) is 0 Å². The van der Waals surface area contributed by atoms with E-state index in [1.54, 1.807) is 0 Å². The molecule has 0 aromatic heterocycles. The second-order valence-corrected chi connectivity index (χ2v) is 14.9. The predicted molar refractivity (Wildman–Crippen MR) is 140 cm³/mol. The number of hydrogen-bond acceptors (Lipinski definition) is 4. The predicted octanol–water partition coefficient (Wildman–Crippen LogP) is 5.06. The fourth-order valence-corrected chi connectivity index (χ4v) is 10.4. The summed E-state index contributed by atoms with van der Waals surface area (Å²) >= 11 is 0. The molecule has 5 heteroatoms. The first kappa shape index (κ1) is 27.4. The van der Waals surface area contributed by atoms with Gasteiger partial charge in [-0.1, -0.05) is 34.6 Å². The van der Waals surface area contributed by atoms with E-state index >= 15 is 0 Å². The van der Waals surface area contributed by atoms with Crippen LogP contribution in [-0.2, 0) is 4.79 Å². The van der Waals surface area contributed by atoms with E-state index < -0.39 is 11.7 Å². The summed E-state index contributed by atoms with van der Waals surface area (Å²) in [6.07, 6.45) is 6.91. The molecule has 0 spiro atoms. The van der Waals surface area contributed by atoms with Crippen LogP contribution in [0.1, 0.15) is 113 Å². The minimum atomic E-state index is -0.973. The Morgan fingerprint density at radius 2 is 1.60 bits per heavy atom. The highest BCUT2D eigenvalue weighted by Gasteiger charge is 2.71. The number of rotatable bonds is 5. The van der Waals surface area contributed by atoms with Gasteiger partial charge in [0.05, 0.1) is 17.8 Å². The molecule has 0 saturated heterocycles. The lowest BCUT2D eigenvalue weighted by molar-refractivity contribution is -0.246. The van der Waals surface area contributed by atoms with E-state index in [-0.39, 0.29) is 51.5 Å². The zero-order valence-electron chi connectivity index (χ0n) is 23.7. The Morgan fingerprint density at radius 3 is 2.23 bits per heavy atom. The van der Waals surface area contributed by atoms with Gasteiger partial charge in [-0.15, -0.1) is 0 Å². The largest absolute Gasteiger partial charge is 0.393 e. The van der Waals surface area contributed by atoms with Crippen LogP contribution < -0.4 is 5.32 Å². The van der Waals surface area contributed by atoms with Gasteiger partial charge in [-0.3, -0.25) is 4.79 Å². The molecule has 0 bridgehead atoms. The van der Waals surface area contributed by atoms with Crippen LogP contribution in [0.3, 0.4) is 0 Å². The lowest BCUT2D eigenvalue weighted by atomic mass is 9.35. The van der Waals surface area contributed by atoms with Crippen LogP contribution in [-0.4, -0.2) is 45.1 Å². The van der Waals surface area contributed by atoms with E-state index in [2.05, 4.69) is 39.9 Å². The maximum absolute atomic E-state index is 12.3. The average molecular weight is 492 g/mol. The molecule has 4 saturated carbocycles. The van der Waals surface area contributed by atoms with Crippen molar-refractivity contribution in [3.05, 3.63) is 0 Å². The Hall–Kier alpha value is -0.650. The van der Waals surface area contributed by atoms with Gasteiger partial charge in [0.2, 0.25) is 5.91 Å². The molecule has 0 aromatic carbocycles. The van der Waals surface area contributed by atoms with E-state index in [9.17, 15) is 20.1 Å². The standard InChI is InChI=1S/C30H53NO4/c1-18(2)31-24(34)12-16-30(8,35)19-9-14-29(7)25(19)20(32)17-22-27(5)13-11-23(33)26(3,4)21(27)10-15-28(22,29)6/h18-23,25,32-33,35H,9-17H2,1-8H3,(H,31,34)/t19-,20+,21?,22?,23-,25?,27-,28+,29+,30-/m0/s1. The first-order valence-electron chi connectivity index (χ1n) is 14.4. The van der Waals surface area contributed by atoms with Crippen LogP contribution in [0.5, 0.6) is 0 Å². The second-order valence-electron chi connectivity index (χ2n) is 14.9. The van der Waals surface area contributed by atoms with Gasteiger partial charge in [0.15, 0.2) is 0 Å². The topological polar surface area (TPSA) is 89.8 Å². The number of carbonyl (C=O) groups is 1. The lowest BCUT2D eigenvalue weighted by Gasteiger charge is -2.70. The smallest absolute Gasteiger partial charge is 0.220 e. The van der Waals surface area contributed by atoms with Gasteiger partial charge in [0, 0.05) is 12.5 Å². The lowest BCUT2D eigenvalue weighted by Crippen LogP contribution is -2.66. The van der Waals surface area contributed by atoms with Gasteiger partial charge in [0.1, 0.15) is 0 Å². The summed E-state index contributed by atoms with van der Waals surface area (Å²) in [6, 6.07) is 0.0987. The van der Waals surface area contributed by atoms with E-state index in [4.69, 9.17) is 0 Å². The maximum Gasteiger partial charge on any atom is 0.220 e. The molecule has 4 N–H and O–H groups in total. The Bertz CT molecular complexity index is 823. The number of hydrogen-bond donors (Lipinski definition) is 4. The van der Waals surface area contributed by atoms with Crippen LogP contribution in [0.4, 0.5) is 0 Å². The van der Waals surface area contributed by atoms with Crippen LogP contribution in [0.2, 0.25) is 0 Å². The van der Waals surface area contributed by atoms with Crippen molar-refractivity contribution in [2.24, 2.45) is 45.3 Å². The minimum absolute atomic E-state index is 0.00211. The van der Waals surface area contributed by atoms with Crippen molar-refractivity contribution in [1.29, 1.82) is 0 Å². The third-order valence-electron chi connectivity index (χ3n) is 12.5. The number of aliphatic hydroxyl groups excluding tert-OH is 2. The SMILES string of the molecule is CC(C)NC(=O)CC[C@](C)(O)[C@H]1CC[C@]2(C)C1[C@H](O)CC1[C@@]3(C)CC[C@H](O)C(C)(C)C3CC[C@]12C. The Morgan fingerprint density at radius 1 is 0.971 bits per heavy atom. The number of aliphatic hydroxyl groups is 3. The molecule has 4 rings (SSSR count). The summed E-state index contributed by atoms with van der Waals surface area (Å²) in [7, 11) is 0. The number of carbonyl (C=O) groups excluding carboxylic acids is 1. The summed E-state index contributed by atoms with van der Waals surface area (Å²) in [5, 5.41) is 37.2. The van der Waals surface area contributed by atoms with Crippen LogP contribution in [0, 0.1) is 45.3 Å². The zero-order valence-corrected chi connectivity index (χ0v) is 23.7. The highest BCUT2D eigenvalue weighted by atomic mass is 16.3. The monoisotopic (exact) mass is 491 g/mol. The molecular weight excluding hydrogens is 438 g/mol. The molecule has 4 aliphatic rings. The first-order chi connectivity index (χ1) is 16.0. The summed E-state index contributed by atoms with van der Waals surface area (Å²) in [5.41, 5.74) is -0.909. The third kappa shape index (κ3) is 4.02. The van der Waals surface area contributed by atoms with Crippen molar-refractivity contribution in [2.45, 2.75) is 137 Å². The number of fused-ring (bicyclic) bond motifs is 5. The van der Waals surface area contributed by atoms with Gasteiger partial charge in [-0.2, -0.15) is 0 Å². The van der Waals surface area contributed by atoms with Crippen molar-refractivity contribution in [3.8, 4) is 0 Å². The molecule has 4 aliphatic carbocycles. The Labute approximate surface area is 213 Å². The molecule has 10 atom stereocenters. The highest BCUT2D eigenvalue weighted by molar-refractivity contribution is 5.76. The molecule has 0 heterocycles. The highest BCUT2D eigenvalue weighted by Crippen LogP contribution is 2.75. The molecule has 3 unspecified atom stereocenters. The van der Waals surface area contributed by atoms with Crippen LogP contribution in [0.15, 0.2) is 0 Å². The van der Waals surface area contributed by atoms with Crippen molar-refractivity contribution < 1.29 is 20.1 Å². The van der Waals surface area contributed by atoms with Gasteiger partial charge in [0.25, 0.3) is 0 Å². The summed E-state index contributed by atoms with van der Waals surface area (Å²) in [5.74, 6) is 0.920. The zero-order chi connectivity index (χ0) is 26.2. The van der Waals surface area contributed by atoms with Crippen molar-refractivity contribution in [1.82, 2.24) is 5.32 Å². The van der Waals surface area contributed by atoms with Crippen molar-refractivity contribution in [3.63, 3.8) is 0 Å². The van der Waals surface area contributed by atoms with Crippen molar-refractivity contribution >= 4 is 5.91 Å². The quantitative estimate of drug-likeness (QED) is 0.433. The van der Waals surface area contributed by atoms with Gasteiger partial charge in [-0.05, 0) is 117 Å². The third-order valence-corrected chi connectivity index (χ3v) is 12.5. The Balaban J connectivity index is 1.61. The molecule has 0 aliphatic heterocycles. The molecule has 0 radical (unpaired) electrons. The van der Waals surface area contributed by atoms with Crippen LogP contribution >= 0.6 is 0 Å². The average Bonchev–Trinajstić information content (AvgIpc) is 3.12. The van der Waals surface area contributed by atoms with E-state index in [1.807, 2.05) is 20.8 Å². The minimum Gasteiger partial charge on any atom is -0.393 e. The number of nitrogens with one attached hydrogen (secondary N) is 1. The first-order valence-corrected chi connectivity index (χ1v) is 14.4. The summed E-state index contributed by atoms with van der Waals surface area (Å²) in [4.78, 5) is 12.3. The maximum atomic E-state index is 12.3. The molecule has 4 fully saturated rings. The molecule has 0 aromatic rings. The fraction of sp³-hybridized carbons (Fsp3) is 0.967.